The van der Waals surface area contributed by atoms with Gasteiger partial charge in [0.2, 0.25) is 0 Å². The summed E-state index contributed by atoms with van der Waals surface area (Å²) in [4.78, 5) is 11.4. The highest BCUT2D eigenvalue weighted by Crippen LogP contribution is 2.26. The van der Waals surface area contributed by atoms with E-state index in [1.54, 1.807) is 19.1 Å². The van der Waals surface area contributed by atoms with Crippen LogP contribution in [0.3, 0.4) is 0 Å². The molecule has 0 spiro atoms. The van der Waals surface area contributed by atoms with Crippen LogP contribution in [-0.4, -0.2) is 19.7 Å². The van der Waals surface area contributed by atoms with Crippen molar-refractivity contribution in [2.24, 2.45) is 0 Å². The standard InChI is InChI=1S/C13H14ClNO3/c1-3-18-13(16)6-9-4-10(8-15)11(7-14)12(5-9)17-2/h4-5H,3,6-7H2,1-2H3. The Morgan fingerprint density at radius 2 is 2.22 bits per heavy atom. The Bertz CT molecular complexity index is 480. The maximum Gasteiger partial charge on any atom is 0.310 e. The number of alkyl halides is 1. The lowest BCUT2D eigenvalue weighted by molar-refractivity contribution is -0.142. The first-order chi connectivity index (χ1) is 8.65. The van der Waals surface area contributed by atoms with Gasteiger partial charge in [-0.3, -0.25) is 4.79 Å². The Hall–Kier alpha value is -1.73. The largest absolute Gasteiger partial charge is 0.496 e. The van der Waals surface area contributed by atoms with Crippen molar-refractivity contribution in [2.45, 2.75) is 19.2 Å². The number of benzene rings is 1. The molecule has 96 valence electrons. The van der Waals surface area contributed by atoms with E-state index in [4.69, 9.17) is 26.3 Å². The SMILES string of the molecule is CCOC(=O)Cc1cc(C#N)c(CCl)c(OC)c1. The Balaban J connectivity index is 3.08. The Labute approximate surface area is 111 Å². The lowest BCUT2D eigenvalue weighted by atomic mass is 10.0. The van der Waals surface area contributed by atoms with Crippen molar-refractivity contribution in [1.29, 1.82) is 5.26 Å². The average Bonchev–Trinajstić information content (AvgIpc) is 2.37. The number of esters is 1. The zero-order chi connectivity index (χ0) is 13.5. The Kier molecular flexibility index (Phi) is 5.47. The molecule has 18 heavy (non-hydrogen) atoms. The van der Waals surface area contributed by atoms with E-state index in [-0.39, 0.29) is 18.3 Å². The van der Waals surface area contributed by atoms with E-state index in [9.17, 15) is 4.79 Å². The van der Waals surface area contributed by atoms with Crippen molar-refractivity contribution >= 4 is 17.6 Å². The predicted octanol–water partition coefficient (Wildman–Crippen LogP) is 2.41. The highest BCUT2D eigenvalue weighted by atomic mass is 35.5. The fourth-order valence-electron chi connectivity index (χ4n) is 1.60. The van der Waals surface area contributed by atoms with Gasteiger partial charge in [0.15, 0.2) is 0 Å². The quantitative estimate of drug-likeness (QED) is 0.607. The van der Waals surface area contributed by atoms with Gasteiger partial charge in [0, 0.05) is 5.56 Å². The van der Waals surface area contributed by atoms with E-state index >= 15 is 0 Å². The van der Waals surface area contributed by atoms with E-state index in [1.165, 1.54) is 7.11 Å². The van der Waals surface area contributed by atoms with Gasteiger partial charge in [0.25, 0.3) is 0 Å². The van der Waals surface area contributed by atoms with E-state index in [2.05, 4.69) is 6.07 Å². The van der Waals surface area contributed by atoms with Crippen LogP contribution in [0, 0.1) is 11.3 Å². The van der Waals surface area contributed by atoms with E-state index in [0.29, 0.717) is 29.0 Å². The summed E-state index contributed by atoms with van der Waals surface area (Å²) in [5.74, 6) is 0.372. The van der Waals surface area contributed by atoms with Crippen LogP contribution in [-0.2, 0) is 21.8 Å². The Morgan fingerprint density at radius 3 is 2.72 bits per heavy atom. The minimum absolute atomic E-state index is 0.113. The molecule has 5 heteroatoms. The van der Waals surface area contributed by atoms with Crippen molar-refractivity contribution in [3.8, 4) is 11.8 Å². The molecule has 4 nitrogen and oxygen atoms in total. The molecule has 0 aliphatic carbocycles. The van der Waals surface area contributed by atoms with Crippen molar-refractivity contribution in [2.75, 3.05) is 13.7 Å². The second-order valence-electron chi connectivity index (χ2n) is 3.55. The van der Waals surface area contributed by atoms with Gasteiger partial charge in [-0.2, -0.15) is 5.26 Å². The summed E-state index contributed by atoms with van der Waals surface area (Å²) >= 11 is 5.78. The number of nitrogens with zero attached hydrogens (tertiary/aromatic N) is 1. The third-order valence-electron chi connectivity index (χ3n) is 2.40. The molecule has 0 heterocycles. The van der Waals surface area contributed by atoms with Crippen LogP contribution >= 0.6 is 11.6 Å². The molecule has 0 amide bonds. The third kappa shape index (κ3) is 3.38. The number of hydrogen-bond acceptors (Lipinski definition) is 4. The molecule has 0 atom stereocenters. The van der Waals surface area contributed by atoms with Crippen molar-refractivity contribution < 1.29 is 14.3 Å². The zero-order valence-electron chi connectivity index (χ0n) is 10.3. The minimum atomic E-state index is -0.331. The summed E-state index contributed by atoms with van der Waals surface area (Å²) in [6.07, 6.45) is 0.113. The molecule has 0 unspecified atom stereocenters. The summed E-state index contributed by atoms with van der Waals surface area (Å²) in [6.45, 7) is 2.08. The van der Waals surface area contributed by atoms with Crippen LogP contribution in [0.2, 0.25) is 0 Å². The van der Waals surface area contributed by atoms with Crippen molar-refractivity contribution in [3.63, 3.8) is 0 Å². The van der Waals surface area contributed by atoms with Crippen LogP contribution < -0.4 is 4.74 Å². The number of carbonyl (C=O) groups is 1. The molecule has 0 aliphatic rings. The van der Waals surface area contributed by atoms with Crippen LogP contribution in [0.5, 0.6) is 5.75 Å². The molecule has 1 rings (SSSR count). The van der Waals surface area contributed by atoms with Gasteiger partial charge in [-0.15, -0.1) is 11.6 Å². The molecule has 0 radical (unpaired) electrons. The molecule has 0 aromatic heterocycles. The number of nitriles is 1. The smallest absolute Gasteiger partial charge is 0.310 e. The number of halogens is 1. The lowest BCUT2D eigenvalue weighted by Crippen LogP contribution is -2.08. The molecule has 0 saturated carbocycles. The number of hydrogen-bond donors (Lipinski definition) is 0. The first-order valence-corrected chi connectivity index (χ1v) is 6.01. The number of ether oxygens (including phenoxy) is 2. The van der Waals surface area contributed by atoms with Crippen molar-refractivity contribution in [1.82, 2.24) is 0 Å². The summed E-state index contributed by atoms with van der Waals surface area (Å²) < 4.78 is 10.0. The van der Waals surface area contributed by atoms with E-state index < -0.39 is 0 Å². The van der Waals surface area contributed by atoms with E-state index in [0.717, 1.165) is 0 Å². The van der Waals surface area contributed by atoms with Crippen LogP contribution in [0.1, 0.15) is 23.6 Å². The van der Waals surface area contributed by atoms with Gasteiger partial charge in [-0.25, -0.2) is 0 Å². The highest BCUT2D eigenvalue weighted by Gasteiger charge is 2.13. The van der Waals surface area contributed by atoms with Gasteiger partial charge in [-0.05, 0) is 24.6 Å². The monoisotopic (exact) mass is 267 g/mol. The molecule has 0 bridgehead atoms. The summed E-state index contributed by atoms with van der Waals surface area (Å²) in [7, 11) is 1.50. The normalized spacial score (nSPS) is 9.67. The summed E-state index contributed by atoms with van der Waals surface area (Å²) in [5.41, 5.74) is 1.73. The average molecular weight is 268 g/mol. The maximum absolute atomic E-state index is 11.4. The van der Waals surface area contributed by atoms with Crippen molar-refractivity contribution in [3.05, 3.63) is 28.8 Å². The summed E-state index contributed by atoms with van der Waals surface area (Å²) in [5, 5.41) is 9.05. The molecule has 0 aliphatic heterocycles. The molecular weight excluding hydrogens is 254 g/mol. The molecule has 1 aromatic carbocycles. The maximum atomic E-state index is 11.4. The van der Waals surface area contributed by atoms with Crippen LogP contribution in [0.15, 0.2) is 12.1 Å². The second-order valence-corrected chi connectivity index (χ2v) is 3.82. The zero-order valence-corrected chi connectivity index (χ0v) is 11.1. The number of rotatable bonds is 5. The second kappa shape index (κ2) is 6.87. The molecule has 1 aromatic rings. The molecule has 0 N–H and O–H groups in total. The summed E-state index contributed by atoms with van der Waals surface area (Å²) in [6, 6.07) is 5.39. The lowest BCUT2D eigenvalue weighted by Gasteiger charge is -2.10. The molecule has 0 fully saturated rings. The fourth-order valence-corrected chi connectivity index (χ4v) is 1.88. The van der Waals surface area contributed by atoms with Gasteiger partial charge in [0.05, 0.1) is 37.7 Å². The van der Waals surface area contributed by atoms with Crippen LogP contribution in [0.4, 0.5) is 0 Å². The number of carbonyl (C=O) groups excluding carboxylic acids is 1. The predicted molar refractivity (Wildman–Crippen MR) is 67.6 cm³/mol. The Morgan fingerprint density at radius 1 is 1.50 bits per heavy atom. The first kappa shape index (κ1) is 14.3. The van der Waals surface area contributed by atoms with Gasteiger partial charge < -0.3 is 9.47 Å². The van der Waals surface area contributed by atoms with E-state index in [1.807, 2.05) is 0 Å². The van der Waals surface area contributed by atoms with Gasteiger partial charge >= 0.3 is 5.97 Å². The topological polar surface area (TPSA) is 59.3 Å². The minimum Gasteiger partial charge on any atom is -0.496 e. The fraction of sp³-hybridized carbons (Fsp3) is 0.385. The van der Waals surface area contributed by atoms with Gasteiger partial charge in [0.1, 0.15) is 5.75 Å². The highest BCUT2D eigenvalue weighted by molar-refractivity contribution is 6.17. The third-order valence-corrected chi connectivity index (χ3v) is 2.66. The molecule has 0 saturated heterocycles. The number of methoxy groups -OCH3 is 1. The van der Waals surface area contributed by atoms with Crippen LogP contribution in [0.25, 0.3) is 0 Å². The molecular formula is C13H14ClNO3. The van der Waals surface area contributed by atoms with Gasteiger partial charge in [-0.1, -0.05) is 0 Å². The first-order valence-electron chi connectivity index (χ1n) is 5.47.